The molecule has 3 rings (SSSR count). The van der Waals surface area contributed by atoms with Crippen molar-refractivity contribution in [3.8, 4) is 0 Å². The summed E-state index contributed by atoms with van der Waals surface area (Å²) >= 11 is 0. The van der Waals surface area contributed by atoms with Crippen LogP contribution in [0.15, 0.2) is 40.8 Å². The fourth-order valence-corrected chi connectivity index (χ4v) is 3.51. The van der Waals surface area contributed by atoms with Gasteiger partial charge in [0.2, 0.25) is 5.91 Å². The smallest absolute Gasteiger partial charge is 0.254 e. The minimum absolute atomic E-state index is 0.0306. The lowest BCUT2D eigenvalue weighted by molar-refractivity contribution is -0.136. The number of carbonyl (C=O) groups is 2. The number of piperidine rings is 1. The van der Waals surface area contributed by atoms with Crippen LogP contribution < -0.4 is 0 Å². The van der Waals surface area contributed by atoms with E-state index in [0.29, 0.717) is 32.5 Å². The van der Waals surface area contributed by atoms with E-state index in [4.69, 9.17) is 4.42 Å². The van der Waals surface area contributed by atoms with Gasteiger partial charge in [-0.3, -0.25) is 9.59 Å². The quantitative estimate of drug-likeness (QED) is 0.845. The Kier molecular flexibility index (Phi) is 5.45. The first-order valence-corrected chi connectivity index (χ1v) is 9.11. The number of hydrogen-bond acceptors (Lipinski definition) is 3. The molecule has 138 valence electrons. The lowest BCUT2D eigenvalue weighted by Gasteiger charge is -2.33. The second-order valence-corrected chi connectivity index (χ2v) is 7.09. The third-order valence-electron chi connectivity index (χ3n) is 5.07. The van der Waals surface area contributed by atoms with E-state index < -0.39 is 0 Å². The molecule has 1 aliphatic heterocycles. The number of likely N-dealkylation sites (tertiary alicyclic amines) is 1. The predicted molar refractivity (Wildman–Crippen MR) is 99.7 cm³/mol. The first kappa shape index (κ1) is 18.2. The number of aryl methyl sites for hydroxylation is 2. The van der Waals surface area contributed by atoms with Gasteiger partial charge in [0, 0.05) is 31.6 Å². The Balaban J connectivity index is 1.55. The Morgan fingerprint density at radius 1 is 1.12 bits per heavy atom. The molecule has 0 saturated carbocycles. The molecule has 1 fully saturated rings. The Morgan fingerprint density at radius 3 is 2.42 bits per heavy atom. The summed E-state index contributed by atoms with van der Waals surface area (Å²) in [5.74, 6) is 1.81. The molecule has 2 heterocycles. The third-order valence-corrected chi connectivity index (χ3v) is 5.07. The van der Waals surface area contributed by atoms with Crippen LogP contribution in [0.25, 0.3) is 0 Å². The van der Waals surface area contributed by atoms with Gasteiger partial charge in [0.1, 0.15) is 11.5 Å². The van der Waals surface area contributed by atoms with Crippen LogP contribution in [0.2, 0.25) is 0 Å². The number of benzene rings is 1. The molecule has 0 unspecified atom stereocenters. The van der Waals surface area contributed by atoms with Crippen molar-refractivity contribution < 1.29 is 14.0 Å². The van der Waals surface area contributed by atoms with Gasteiger partial charge >= 0.3 is 0 Å². The molecular formula is C21H26N2O3. The first-order chi connectivity index (χ1) is 12.5. The van der Waals surface area contributed by atoms with Gasteiger partial charge in [0.05, 0.1) is 6.54 Å². The van der Waals surface area contributed by atoms with Crippen LogP contribution in [0, 0.1) is 19.8 Å². The van der Waals surface area contributed by atoms with Crippen LogP contribution in [0.3, 0.4) is 0 Å². The standard InChI is InChI=1S/C21H26N2O3/c1-15-6-4-5-7-19(15)21(25)23-12-10-17(11-13-23)20(24)22(3)14-18-9-8-16(2)26-18/h4-9,17H,10-14H2,1-3H3. The third kappa shape index (κ3) is 3.98. The van der Waals surface area contributed by atoms with E-state index in [0.717, 1.165) is 22.6 Å². The van der Waals surface area contributed by atoms with E-state index in [9.17, 15) is 9.59 Å². The number of carbonyl (C=O) groups excluding carboxylic acids is 2. The van der Waals surface area contributed by atoms with Crippen LogP contribution in [0.5, 0.6) is 0 Å². The maximum Gasteiger partial charge on any atom is 0.254 e. The Hall–Kier alpha value is -2.56. The molecule has 1 aromatic heterocycles. The molecule has 5 nitrogen and oxygen atoms in total. The highest BCUT2D eigenvalue weighted by Gasteiger charge is 2.30. The molecule has 1 saturated heterocycles. The van der Waals surface area contributed by atoms with Crippen molar-refractivity contribution in [2.75, 3.05) is 20.1 Å². The molecule has 0 atom stereocenters. The summed E-state index contributed by atoms with van der Waals surface area (Å²) in [7, 11) is 1.81. The molecule has 1 aromatic carbocycles. The van der Waals surface area contributed by atoms with Crippen LogP contribution >= 0.6 is 0 Å². The van der Waals surface area contributed by atoms with Gasteiger partial charge in [-0.2, -0.15) is 0 Å². The van der Waals surface area contributed by atoms with Gasteiger partial charge < -0.3 is 14.2 Å². The molecule has 26 heavy (non-hydrogen) atoms. The highest BCUT2D eigenvalue weighted by Crippen LogP contribution is 2.22. The number of furan rings is 1. The van der Waals surface area contributed by atoms with E-state index in [1.165, 1.54) is 0 Å². The van der Waals surface area contributed by atoms with Crippen molar-refractivity contribution in [2.24, 2.45) is 5.92 Å². The lowest BCUT2D eigenvalue weighted by atomic mass is 9.94. The Labute approximate surface area is 154 Å². The highest BCUT2D eigenvalue weighted by atomic mass is 16.3. The molecule has 0 aliphatic carbocycles. The number of amides is 2. The van der Waals surface area contributed by atoms with E-state index in [-0.39, 0.29) is 17.7 Å². The first-order valence-electron chi connectivity index (χ1n) is 9.11. The number of hydrogen-bond donors (Lipinski definition) is 0. The maximum atomic E-state index is 12.7. The zero-order valence-electron chi connectivity index (χ0n) is 15.7. The van der Waals surface area contributed by atoms with E-state index >= 15 is 0 Å². The Bertz CT molecular complexity index is 788. The van der Waals surface area contributed by atoms with Crippen LogP contribution in [0.4, 0.5) is 0 Å². The summed E-state index contributed by atoms with van der Waals surface area (Å²) in [6, 6.07) is 11.5. The van der Waals surface area contributed by atoms with Gasteiger partial charge in [0.25, 0.3) is 5.91 Å². The molecule has 0 radical (unpaired) electrons. The van der Waals surface area contributed by atoms with Crippen molar-refractivity contribution in [1.82, 2.24) is 9.80 Å². The largest absolute Gasteiger partial charge is 0.464 e. The average molecular weight is 354 g/mol. The van der Waals surface area contributed by atoms with Crippen molar-refractivity contribution in [3.63, 3.8) is 0 Å². The van der Waals surface area contributed by atoms with Crippen molar-refractivity contribution in [1.29, 1.82) is 0 Å². The summed E-state index contributed by atoms with van der Waals surface area (Å²) in [6.07, 6.45) is 1.41. The van der Waals surface area contributed by atoms with E-state index in [1.807, 2.05) is 62.2 Å². The molecule has 5 heteroatoms. The molecular weight excluding hydrogens is 328 g/mol. The molecule has 0 bridgehead atoms. The predicted octanol–water partition coefficient (Wildman–Crippen LogP) is 3.41. The molecule has 1 aliphatic rings. The summed E-state index contributed by atoms with van der Waals surface area (Å²) in [5.41, 5.74) is 1.74. The second kappa shape index (κ2) is 7.77. The molecule has 2 aromatic rings. The van der Waals surface area contributed by atoms with Gasteiger partial charge in [-0.1, -0.05) is 18.2 Å². The maximum absolute atomic E-state index is 12.7. The van der Waals surface area contributed by atoms with Gasteiger partial charge in [-0.15, -0.1) is 0 Å². The van der Waals surface area contributed by atoms with E-state index in [2.05, 4.69) is 0 Å². The van der Waals surface area contributed by atoms with Crippen molar-refractivity contribution >= 4 is 11.8 Å². The average Bonchev–Trinajstić information content (AvgIpc) is 3.05. The van der Waals surface area contributed by atoms with Crippen LogP contribution in [-0.2, 0) is 11.3 Å². The molecule has 2 amide bonds. The summed E-state index contributed by atoms with van der Waals surface area (Å²) in [4.78, 5) is 29.0. The monoisotopic (exact) mass is 354 g/mol. The Morgan fingerprint density at radius 2 is 1.81 bits per heavy atom. The fourth-order valence-electron chi connectivity index (χ4n) is 3.51. The summed E-state index contributed by atoms with van der Waals surface area (Å²) < 4.78 is 5.55. The summed E-state index contributed by atoms with van der Waals surface area (Å²) in [5, 5.41) is 0. The van der Waals surface area contributed by atoms with Crippen molar-refractivity contribution in [3.05, 3.63) is 59.0 Å². The topological polar surface area (TPSA) is 53.8 Å². The second-order valence-electron chi connectivity index (χ2n) is 7.09. The number of nitrogens with zero attached hydrogens (tertiary/aromatic N) is 2. The molecule has 0 spiro atoms. The molecule has 0 N–H and O–H groups in total. The van der Waals surface area contributed by atoms with Crippen LogP contribution in [-0.4, -0.2) is 41.8 Å². The van der Waals surface area contributed by atoms with Gasteiger partial charge in [-0.25, -0.2) is 0 Å². The lowest BCUT2D eigenvalue weighted by Crippen LogP contribution is -2.43. The SMILES string of the molecule is Cc1ccc(CN(C)C(=O)C2CCN(C(=O)c3ccccc3C)CC2)o1. The fraction of sp³-hybridized carbons (Fsp3) is 0.429. The normalized spacial score (nSPS) is 15.1. The highest BCUT2D eigenvalue weighted by molar-refractivity contribution is 5.95. The number of rotatable bonds is 4. The van der Waals surface area contributed by atoms with Gasteiger partial charge in [0.15, 0.2) is 0 Å². The van der Waals surface area contributed by atoms with E-state index in [1.54, 1.807) is 4.90 Å². The van der Waals surface area contributed by atoms with Gasteiger partial charge in [-0.05, 0) is 50.5 Å². The van der Waals surface area contributed by atoms with Crippen molar-refractivity contribution in [2.45, 2.75) is 33.2 Å². The minimum Gasteiger partial charge on any atom is -0.464 e. The zero-order valence-corrected chi connectivity index (χ0v) is 15.7. The zero-order chi connectivity index (χ0) is 18.7. The van der Waals surface area contributed by atoms with Crippen LogP contribution in [0.1, 0.15) is 40.3 Å². The minimum atomic E-state index is -0.0306. The summed E-state index contributed by atoms with van der Waals surface area (Å²) in [6.45, 7) is 5.57.